The summed E-state index contributed by atoms with van der Waals surface area (Å²) in [7, 11) is 0. The Morgan fingerprint density at radius 3 is 2.90 bits per heavy atom. The van der Waals surface area contributed by atoms with Gasteiger partial charge in [0.05, 0.1) is 12.1 Å². The number of hydrogen-bond donors (Lipinski definition) is 3. The van der Waals surface area contributed by atoms with E-state index in [-0.39, 0.29) is 12.5 Å². The molecule has 0 aliphatic heterocycles. The summed E-state index contributed by atoms with van der Waals surface area (Å²) in [4.78, 5) is 12.4. The molecule has 0 aliphatic rings. The zero-order valence-corrected chi connectivity index (χ0v) is 11.6. The molecule has 3 rings (SSSR count). The van der Waals surface area contributed by atoms with Gasteiger partial charge in [-0.15, -0.1) is 0 Å². The molecule has 3 N–H and O–H groups in total. The van der Waals surface area contributed by atoms with Crippen molar-refractivity contribution >= 4 is 22.5 Å². The Morgan fingerprint density at radius 1 is 1.29 bits per heavy atom. The van der Waals surface area contributed by atoms with Gasteiger partial charge in [0.2, 0.25) is 0 Å². The largest absolute Gasteiger partial charge is 0.392 e. The van der Waals surface area contributed by atoms with E-state index in [0.29, 0.717) is 11.4 Å². The van der Waals surface area contributed by atoms with Gasteiger partial charge < -0.3 is 10.4 Å². The number of aliphatic hydroxyl groups is 1. The number of aliphatic hydroxyl groups excluding tert-OH is 1. The van der Waals surface area contributed by atoms with Gasteiger partial charge in [0.1, 0.15) is 0 Å². The van der Waals surface area contributed by atoms with E-state index in [1.165, 1.54) is 0 Å². The second-order valence-corrected chi connectivity index (χ2v) is 4.88. The van der Waals surface area contributed by atoms with E-state index in [0.717, 1.165) is 22.0 Å². The van der Waals surface area contributed by atoms with Gasteiger partial charge in [-0.2, -0.15) is 5.10 Å². The molecule has 0 saturated carbocycles. The SMILES string of the molecule is Cc1ccc(CO)cc1NC(=O)c1n[nH]c2ccccc12. The molecule has 5 nitrogen and oxygen atoms in total. The van der Waals surface area contributed by atoms with Crippen LogP contribution in [0.5, 0.6) is 0 Å². The van der Waals surface area contributed by atoms with Gasteiger partial charge in [0, 0.05) is 11.1 Å². The van der Waals surface area contributed by atoms with Crippen molar-refractivity contribution < 1.29 is 9.90 Å². The summed E-state index contributed by atoms with van der Waals surface area (Å²) in [6.07, 6.45) is 0. The highest BCUT2D eigenvalue weighted by molar-refractivity contribution is 6.11. The standard InChI is InChI=1S/C16H15N3O2/c1-10-6-7-11(9-20)8-14(10)17-16(21)15-12-4-2-3-5-13(12)18-19-15/h2-8,20H,9H2,1H3,(H,17,21)(H,18,19). The maximum atomic E-state index is 12.4. The van der Waals surface area contributed by atoms with Crippen LogP contribution in [0.3, 0.4) is 0 Å². The number of H-pyrrole nitrogens is 1. The highest BCUT2D eigenvalue weighted by Crippen LogP contribution is 2.20. The van der Waals surface area contributed by atoms with E-state index in [1.807, 2.05) is 43.3 Å². The lowest BCUT2D eigenvalue weighted by Crippen LogP contribution is -2.14. The molecule has 1 heterocycles. The third kappa shape index (κ3) is 2.51. The van der Waals surface area contributed by atoms with Crippen LogP contribution in [0.15, 0.2) is 42.5 Å². The van der Waals surface area contributed by atoms with Gasteiger partial charge in [0.25, 0.3) is 5.91 Å². The first kappa shape index (κ1) is 13.3. The lowest BCUT2D eigenvalue weighted by molar-refractivity contribution is 0.102. The molecule has 0 atom stereocenters. The highest BCUT2D eigenvalue weighted by Gasteiger charge is 2.14. The summed E-state index contributed by atoms with van der Waals surface area (Å²) >= 11 is 0. The first-order valence-electron chi connectivity index (χ1n) is 6.64. The first-order valence-corrected chi connectivity index (χ1v) is 6.64. The molecule has 3 aromatic rings. The molecule has 5 heteroatoms. The molecule has 0 saturated heterocycles. The molecule has 0 bridgehead atoms. The van der Waals surface area contributed by atoms with E-state index in [1.54, 1.807) is 6.07 Å². The zero-order valence-electron chi connectivity index (χ0n) is 11.6. The maximum Gasteiger partial charge on any atom is 0.276 e. The number of nitrogens with zero attached hydrogens (tertiary/aromatic N) is 1. The summed E-state index contributed by atoms with van der Waals surface area (Å²) in [6, 6.07) is 12.9. The van der Waals surface area contributed by atoms with Gasteiger partial charge in [-0.25, -0.2) is 0 Å². The molecule has 0 spiro atoms. The molecule has 0 aliphatic carbocycles. The van der Waals surface area contributed by atoms with Crippen molar-refractivity contribution in [3.8, 4) is 0 Å². The number of rotatable bonds is 3. The molecule has 1 amide bonds. The normalized spacial score (nSPS) is 10.8. The Kier molecular flexibility index (Phi) is 3.41. The number of para-hydroxylation sites is 1. The summed E-state index contributed by atoms with van der Waals surface area (Å²) in [5, 5.41) is 19.7. The summed E-state index contributed by atoms with van der Waals surface area (Å²) < 4.78 is 0. The van der Waals surface area contributed by atoms with Crippen molar-refractivity contribution in [3.05, 3.63) is 59.3 Å². The molecule has 0 unspecified atom stereocenters. The van der Waals surface area contributed by atoms with Crippen molar-refractivity contribution in [1.82, 2.24) is 10.2 Å². The van der Waals surface area contributed by atoms with E-state index in [9.17, 15) is 9.90 Å². The Morgan fingerprint density at radius 2 is 2.10 bits per heavy atom. The number of aromatic nitrogens is 2. The number of carbonyl (C=O) groups is 1. The van der Waals surface area contributed by atoms with Gasteiger partial charge >= 0.3 is 0 Å². The predicted octanol–water partition coefficient (Wildman–Crippen LogP) is 2.62. The Balaban J connectivity index is 1.93. The van der Waals surface area contributed by atoms with Crippen LogP contribution < -0.4 is 5.32 Å². The second kappa shape index (κ2) is 5.38. The average molecular weight is 281 g/mol. The number of anilines is 1. The van der Waals surface area contributed by atoms with Gasteiger partial charge in [-0.05, 0) is 30.2 Å². The molecule has 2 aromatic carbocycles. The van der Waals surface area contributed by atoms with E-state index in [2.05, 4.69) is 15.5 Å². The van der Waals surface area contributed by atoms with Crippen LogP contribution >= 0.6 is 0 Å². The van der Waals surface area contributed by atoms with Crippen molar-refractivity contribution in [3.63, 3.8) is 0 Å². The molecular formula is C16H15N3O2. The Bertz CT molecular complexity index is 808. The van der Waals surface area contributed by atoms with E-state index in [4.69, 9.17) is 0 Å². The minimum atomic E-state index is -0.273. The molecule has 1 aromatic heterocycles. The lowest BCUT2D eigenvalue weighted by atomic mass is 10.1. The Labute approximate surface area is 121 Å². The van der Waals surface area contributed by atoms with Crippen LogP contribution in [0, 0.1) is 6.92 Å². The molecule has 21 heavy (non-hydrogen) atoms. The lowest BCUT2D eigenvalue weighted by Gasteiger charge is -2.09. The minimum absolute atomic E-state index is 0.0610. The van der Waals surface area contributed by atoms with Crippen molar-refractivity contribution in [2.24, 2.45) is 0 Å². The van der Waals surface area contributed by atoms with Crippen molar-refractivity contribution in [1.29, 1.82) is 0 Å². The molecule has 0 fully saturated rings. The van der Waals surface area contributed by atoms with E-state index < -0.39 is 0 Å². The fourth-order valence-corrected chi connectivity index (χ4v) is 2.22. The van der Waals surface area contributed by atoms with Crippen molar-refractivity contribution in [2.45, 2.75) is 13.5 Å². The molecule has 106 valence electrons. The number of aryl methyl sites for hydroxylation is 1. The molecular weight excluding hydrogens is 266 g/mol. The number of aromatic amines is 1. The van der Waals surface area contributed by atoms with Gasteiger partial charge in [0.15, 0.2) is 5.69 Å². The highest BCUT2D eigenvalue weighted by atomic mass is 16.3. The van der Waals surface area contributed by atoms with Crippen LogP contribution in [-0.2, 0) is 6.61 Å². The van der Waals surface area contributed by atoms with Crippen LogP contribution in [0.25, 0.3) is 10.9 Å². The fourth-order valence-electron chi connectivity index (χ4n) is 2.22. The fraction of sp³-hybridized carbons (Fsp3) is 0.125. The quantitative estimate of drug-likeness (QED) is 0.690. The first-order chi connectivity index (χ1) is 10.2. The van der Waals surface area contributed by atoms with Gasteiger partial charge in [-0.1, -0.05) is 30.3 Å². The van der Waals surface area contributed by atoms with Crippen LogP contribution in [0.4, 0.5) is 5.69 Å². The number of nitrogens with one attached hydrogen (secondary N) is 2. The number of fused-ring (bicyclic) bond motifs is 1. The number of hydrogen-bond acceptors (Lipinski definition) is 3. The average Bonchev–Trinajstić information content (AvgIpc) is 2.93. The van der Waals surface area contributed by atoms with Crippen LogP contribution in [0.2, 0.25) is 0 Å². The Hall–Kier alpha value is -2.66. The minimum Gasteiger partial charge on any atom is -0.392 e. The monoisotopic (exact) mass is 281 g/mol. The number of amides is 1. The van der Waals surface area contributed by atoms with E-state index >= 15 is 0 Å². The second-order valence-electron chi connectivity index (χ2n) is 4.88. The third-order valence-electron chi connectivity index (χ3n) is 3.42. The smallest absolute Gasteiger partial charge is 0.276 e. The summed E-state index contributed by atoms with van der Waals surface area (Å²) in [5.41, 5.74) is 3.55. The zero-order chi connectivity index (χ0) is 14.8. The summed E-state index contributed by atoms with van der Waals surface area (Å²) in [5.74, 6) is -0.273. The summed E-state index contributed by atoms with van der Waals surface area (Å²) in [6.45, 7) is 1.84. The van der Waals surface area contributed by atoms with Crippen LogP contribution in [-0.4, -0.2) is 21.2 Å². The maximum absolute atomic E-state index is 12.4. The molecule has 0 radical (unpaired) electrons. The number of carbonyl (C=O) groups excluding carboxylic acids is 1. The van der Waals surface area contributed by atoms with Gasteiger partial charge in [-0.3, -0.25) is 9.89 Å². The third-order valence-corrected chi connectivity index (χ3v) is 3.42. The van der Waals surface area contributed by atoms with Crippen molar-refractivity contribution in [2.75, 3.05) is 5.32 Å². The predicted molar refractivity (Wildman–Crippen MR) is 81.1 cm³/mol. The number of benzene rings is 2. The van der Waals surface area contributed by atoms with Crippen LogP contribution in [0.1, 0.15) is 21.6 Å². The topological polar surface area (TPSA) is 78.0 Å².